The molecular formula is C17H22N4. The summed E-state index contributed by atoms with van der Waals surface area (Å²) in [4.78, 5) is 8.95. The molecule has 1 aliphatic rings. The van der Waals surface area contributed by atoms with E-state index in [1.807, 2.05) is 36.4 Å². The maximum atomic E-state index is 5.93. The van der Waals surface area contributed by atoms with Crippen molar-refractivity contribution in [1.82, 2.24) is 9.97 Å². The Morgan fingerprint density at radius 1 is 1.05 bits per heavy atom. The Kier molecular flexibility index (Phi) is 4.04. The summed E-state index contributed by atoms with van der Waals surface area (Å²) >= 11 is 0. The summed E-state index contributed by atoms with van der Waals surface area (Å²) in [7, 11) is 0. The zero-order chi connectivity index (χ0) is 14.7. The molecule has 0 saturated heterocycles. The van der Waals surface area contributed by atoms with Crippen LogP contribution in [0.4, 0.5) is 11.6 Å². The van der Waals surface area contributed by atoms with Crippen molar-refractivity contribution in [2.45, 2.75) is 38.6 Å². The summed E-state index contributed by atoms with van der Waals surface area (Å²) in [5, 5.41) is 3.52. The van der Waals surface area contributed by atoms with Crippen molar-refractivity contribution in [1.29, 1.82) is 0 Å². The van der Waals surface area contributed by atoms with Gasteiger partial charge in [-0.25, -0.2) is 9.97 Å². The van der Waals surface area contributed by atoms with Gasteiger partial charge in [0.05, 0.1) is 0 Å². The number of nitrogens with one attached hydrogen (secondary N) is 1. The Labute approximate surface area is 125 Å². The van der Waals surface area contributed by atoms with Crippen LogP contribution in [0.15, 0.2) is 36.4 Å². The van der Waals surface area contributed by atoms with Crippen LogP contribution in [-0.2, 0) is 0 Å². The minimum Gasteiger partial charge on any atom is -0.384 e. The van der Waals surface area contributed by atoms with E-state index in [2.05, 4.69) is 22.2 Å². The van der Waals surface area contributed by atoms with Crippen LogP contribution in [0.3, 0.4) is 0 Å². The van der Waals surface area contributed by atoms with E-state index >= 15 is 0 Å². The number of rotatable bonds is 3. The van der Waals surface area contributed by atoms with Crippen LogP contribution in [0.1, 0.15) is 32.6 Å². The summed E-state index contributed by atoms with van der Waals surface area (Å²) in [5.74, 6) is 2.87. The molecule has 0 aliphatic heterocycles. The van der Waals surface area contributed by atoms with Gasteiger partial charge in [0.25, 0.3) is 0 Å². The third-order valence-corrected chi connectivity index (χ3v) is 4.15. The van der Waals surface area contributed by atoms with Crippen LogP contribution in [0, 0.1) is 5.92 Å². The van der Waals surface area contributed by atoms with E-state index in [1.165, 1.54) is 25.7 Å². The molecule has 2 aromatic rings. The predicted octanol–water partition coefficient (Wildman–Crippen LogP) is 3.72. The van der Waals surface area contributed by atoms with Crippen LogP contribution in [-0.4, -0.2) is 16.0 Å². The van der Waals surface area contributed by atoms with Crippen molar-refractivity contribution in [2.75, 3.05) is 11.1 Å². The fraction of sp³-hybridized carbons (Fsp3) is 0.412. The van der Waals surface area contributed by atoms with Gasteiger partial charge in [-0.3, -0.25) is 0 Å². The Balaban J connectivity index is 1.78. The number of nitrogen functional groups attached to an aromatic ring is 1. The van der Waals surface area contributed by atoms with Gasteiger partial charge in [0.2, 0.25) is 0 Å². The Morgan fingerprint density at radius 2 is 1.76 bits per heavy atom. The van der Waals surface area contributed by atoms with Gasteiger partial charge in [-0.15, -0.1) is 0 Å². The molecule has 0 atom stereocenters. The molecule has 1 aromatic carbocycles. The third kappa shape index (κ3) is 3.51. The van der Waals surface area contributed by atoms with Crippen molar-refractivity contribution < 1.29 is 0 Å². The lowest BCUT2D eigenvalue weighted by atomic mass is 9.87. The zero-order valence-corrected chi connectivity index (χ0v) is 12.4. The summed E-state index contributed by atoms with van der Waals surface area (Å²) in [5.41, 5.74) is 6.92. The number of nitrogens with two attached hydrogens (primary N) is 1. The second-order valence-corrected chi connectivity index (χ2v) is 5.97. The molecule has 1 aliphatic carbocycles. The largest absolute Gasteiger partial charge is 0.384 e. The highest BCUT2D eigenvalue weighted by Gasteiger charge is 2.18. The third-order valence-electron chi connectivity index (χ3n) is 4.15. The van der Waals surface area contributed by atoms with Gasteiger partial charge in [0.15, 0.2) is 5.82 Å². The van der Waals surface area contributed by atoms with Gasteiger partial charge in [-0.1, -0.05) is 37.3 Å². The monoisotopic (exact) mass is 282 g/mol. The van der Waals surface area contributed by atoms with E-state index in [0.717, 1.165) is 17.3 Å². The highest BCUT2D eigenvalue weighted by molar-refractivity contribution is 5.60. The molecular weight excluding hydrogens is 260 g/mol. The van der Waals surface area contributed by atoms with Gasteiger partial charge < -0.3 is 11.1 Å². The molecule has 0 unspecified atom stereocenters. The SMILES string of the molecule is CC1CCC(Nc2cc(N)nc(-c3ccccc3)n2)CC1. The lowest BCUT2D eigenvalue weighted by Gasteiger charge is -2.27. The van der Waals surface area contributed by atoms with Crippen molar-refractivity contribution in [2.24, 2.45) is 5.92 Å². The summed E-state index contributed by atoms with van der Waals surface area (Å²) < 4.78 is 0. The summed E-state index contributed by atoms with van der Waals surface area (Å²) in [6.45, 7) is 2.33. The molecule has 21 heavy (non-hydrogen) atoms. The van der Waals surface area contributed by atoms with Crippen LogP contribution in [0.5, 0.6) is 0 Å². The normalized spacial score (nSPS) is 22.0. The molecule has 110 valence electrons. The van der Waals surface area contributed by atoms with E-state index in [4.69, 9.17) is 5.73 Å². The Morgan fingerprint density at radius 3 is 2.48 bits per heavy atom. The van der Waals surface area contributed by atoms with Gasteiger partial charge in [0.1, 0.15) is 11.6 Å². The van der Waals surface area contributed by atoms with Crippen LogP contribution in [0.2, 0.25) is 0 Å². The van der Waals surface area contributed by atoms with Crippen LogP contribution < -0.4 is 11.1 Å². The lowest BCUT2D eigenvalue weighted by molar-refractivity contribution is 0.361. The fourth-order valence-corrected chi connectivity index (χ4v) is 2.87. The maximum absolute atomic E-state index is 5.93. The van der Waals surface area contributed by atoms with Crippen LogP contribution in [0.25, 0.3) is 11.4 Å². The van der Waals surface area contributed by atoms with Crippen molar-refractivity contribution in [3.8, 4) is 11.4 Å². The maximum Gasteiger partial charge on any atom is 0.163 e. The first-order chi connectivity index (χ1) is 10.2. The quantitative estimate of drug-likeness (QED) is 0.900. The number of benzene rings is 1. The molecule has 1 heterocycles. The van der Waals surface area contributed by atoms with E-state index in [-0.39, 0.29) is 0 Å². The minimum atomic E-state index is 0.499. The van der Waals surface area contributed by atoms with Gasteiger partial charge in [-0.05, 0) is 31.6 Å². The smallest absolute Gasteiger partial charge is 0.163 e. The topological polar surface area (TPSA) is 63.8 Å². The van der Waals surface area contributed by atoms with E-state index in [1.54, 1.807) is 0 Å². The molecule has 1 fully saturated rings. The molecule has 4 nitrogen and oxygen atoms in total. The molecule has 3 rings (SSSR count). The van der Waals surface area contributed by atoms with E-state index < -0.39 is 0 Å². The second-order valence-electron chi connectivity index (χ2n) is 5.97. The standard InChI is InChI=1S/C17H22N4/c1-12-7-9-14(10-8-12)19-16-11-15(18)20-17(21-16)13-5-3-2-4-6-13/h2-6,11-12,14H,7-10H2,1H3,(H3,18,19,20,21). The zero-order valence-electron chi connectivity index (χ0n) is 12.4. The molecule has 4 heteroatoms. The van der Waals surface area contributed by atoms with E-state index in [0.29, 0.717) is 17.7 Å². The first kappa shape index (κ1) is 13.9. The van der Waals surface area contributed by atoms with Crippen molar-refractivity contribution in [3.05, 3.63) is 36.4 Å². The van der Waals surface area contributed by atoms with Gasteiger partial charge in [-0.2, -0.15) is 0 Å². The Hall–Kier alpha value is -2.10. The molecule has 0 amide bonds. The number of hydrogen-bond donors (Lipinski definition) is 2. The molecule has 1 aromatic heterocycles. The molecule has 1 saturated carbocycles. The lowest BCUT2D eigenvalue weighted by Crippen LogP contribution is -2.25. The molecule has 0 radical (unpaired) electrons. The van der Waals surface area contributed by atoms with Crippen molar-refractivity contribution >= 4 is 11.6 Å². The number of hydrogen-bond acceptors (Lipinski definition) is 4. The predicted molar refractivity (Wildman–Crippen MR) is 86.9 cm³/mol. The number of nitrogens with zero attached hydrogens (tertiary/aromatic N) is 2. The number of anilines is 2. The van der Waals surface area contributed by atoms with Crippen molar-refractivity contribution in [3.63, 3.8) is 0 Å². The van der Waals surface area contributed by atoms with Gasteiger partial charge in [0, 0.05) is 17.7 Å². The minimum absolute atomic E-state index is 0.499. The Bertz CT molecular complexity index is 589. The first-order valence-corrected chi connectivity index (χ1v) is 7.67. The van der Waals surface area contributed by atoms with Gasteiger partial charge >= 0.3 is 0 Å². The molecule has 3 N–H and O–H groups in total. The fourth-order valence-electron chi connectivity index (χ4n) is 2.87. The van der Waals surface area contributed by atoms with E-state index in [9.17, 15) is 0 Å². The first-order valence-electron chi connectivity index (χ1n) is 7.67. The van der Waals surface area contributed by atoms with Crippen LogP contribution >= 0.6 is 0 Å². The summed E-state index contributed by atoms with van der Waals surface area (Å²) in [6, 6.07) is 12.3. The second kappa shape index (κ2) is 6.12. The molecule has 0 spiro atoms. The molecule has 0 bridgehead atoms. The average molecular weight is 282 g/mol. The summed E-state index contributed by atoms with van der Waals surface area (Å²) in [6.07, 6.45) is 4.96. The highest BCUT2D eigenvalue weighted by Crippen LogP contribution is 2.26. The number of aromatic nitrogens is 2. The highest BCUT2D eigenvalue weighted by atomic mass is 15.1. The average Bonchev–Trinajstić information content (AvgIpc) is 2.50.